The third-order valence-electron chi connectivity index (χ3n) is 4.53. The molecule has 3 amide bonds. The highest BCUT2D eigenvalue weighted by Crippen LogP contribution is 2.30. The second-order valence-corrected chi connectivity index (χ2v) is 7.07. The Morgan fingerprint density at radius 2 is 1.92 bits per heavy atom. The van der Waals surface area contributed by atoms with Crippen molar-refractivity contribution >= 4 is 46.5 Å². The fourth-order valence-corrected chi connectivity index (χ4v) is 3.38. The number of nitrogens with zero attached hydrogens (tertiary/aromatic N) is 2. The van der Waals surface area contributed by atoms with Gasteiger partial charge < -0.3 is 15.1 Å². The van der Waals surface area contributed by atoms with Gasteiger partial charge in [0.25, 0.3) is 0 Å². The molecule has 0 saturated carbocycles. The Kier molecular flexibility index (Phi) is 5.39. The molecule has 0 unspecified atom stereocenters. The van der Waals surface area contributed by atoms with Crippen molar-refractivity contribution in [3.63, 3.8) is 0 Å². The summed E-state index contributed by atoms with van der Waals surface area (Å²) in [6, 6.07) is 11.6. The number of aryl methyl sites for hydroxylation is 1. The number of benzene rings is 2. The highest BCUT2D eigenvalue weighted by atomic mass is 35.5. The van der Waals surface area contributed by atoms with Gasteiger partial charge in [0.05, 0.1) is 10.7 Å². The second kappa shape index (κ2) is 7.56. The largest absolute Gasteiger partial charge is 0.322 e. The summed E-state index contributed by atoms with van der Waals surface area (Å²) in [5, 5.41) is 3.87. The first-order chi connectivity index (χ1) is 12.4. The number of amides is 3. The van der Waals surface area contributed by atoms with Crippen LogP contribution in [0.1, 0.15) is 12.0 Å². The van der Waals surface area contributed by atoms with Gasteiger partial charge in [0.2, 0.25) is 5.91 Å². The number of carbonyl (C=O) groups is 2. The quantitative estimate of drug-likeness (QED) is 0.832. The summed E-state index contributed by atoms with van der Waals surface area (Å²) in [7, 11) is 1.61. The fraction of sp³-hybridized carbons (Fsp3) is 0.263. The SMILES string of the molecule is Cc1ccc(NC(=O)N(C)[C@H]2CCN(c3ccccc3Cl)C2=O)cc1Cl. The molecule has 0 aromatic heterocycles. The topological polar surface area (TPSA) is 52.7 Å². The zero-order valence-corrected chi connectivity index (χ0v) is 16.0. The third kappa shape index (κ3) is 3.64. The van der Waals surface area contributed by atoms with Gasteiger partial charge in [-0.25, -0.2) is 4.79 Å². The van der Waals surface area contributed by atoms with Crippen molar-refractivity contribution < 1.29 is 9.59 Å². The van der Waals surface area contributed by atoms with Gasteiger partial charge in [-0.3, -0.25) is 4.79 Å². The monoisotopic (exact) mass is 391 g/mol. The van der Waals surface area contributed by atoms with E-state index in [1.54, 1.807) is 36.2 Å². The molecule has 2 aromatic carbocycles. The molecule has 5 nitrogen and oxygen atoms in total. The van der Waals surface area contributed by atoms with Crippen molar-refractivity contribution in [3.8, 4) is 0 Å². The van der Waals surface area contributed by atoms with Crippen LogP contribution in [-0.4, -0.2) is 36.5 Å². The zero-order valence-electron chi connectivity index (χ0n) is 14.5. The van der Waals surface area contributed by atoms with E-state index in [4.69, 9.17) is 23.2 Å². The number of nitrogens with one attached hydrogen (secondary N) is 1. The molecule has 1 heterocycles. The van der Waals surface area contributed by atoms with Gasteiger partial charge in [0.15, 0.2) is 0 Å². The predicted molar refractivity (Wildman–Crippen MR) is 105 cm³/mol. The van der Waals surface area contributed by atoms with E-state index in [0.717, 1.165) is 5.56 Å². The Morgan fingerprint density at radius 3 is 2.62 bits per heavy atom. The number of para-hydroxylation sites is 1. The Hall–Kier alpha value is -2.24. The predicted octanol–water partition coefficient (Wildman–Crippen LogP) is 4.57. The average Bonchev–Trinajstić information content (AvgIpc) is 2.99. The Labute approximate surface area is 162 Å². The lowest BCUT2D eigenvalue weighted by molar-refractivity contribution is -0.120. The molecule has 0 bridgehead atoms. The summed E-state index contributed by atoms with van der Waals surface area (Å²) >= 11 is 12.3. The molecule has 0 aliphatic carbocycles. The summed E-state index contributed by atoms with van der Waals surface area (Å²) in [5.41, 5.74) is 2.19. The van der Waals surface area contributed by atoms with Gasteiger partial charge in [-0.1, -0.05) is 41.4 Å². The van der Waals surface area contributed by atoms with E-state index in [0.29, 0.717) is 34.4 Å². The minimum absolute atomic E-state index is 0.141. The van der Waals surface area contributed by atoms with E-state index < -0.39 is 6.04 Å². The van der Waals surface area contributed by atoms with Gasteiger partial charge in [-0.2, -0.15) is 0 Å². The Bertz CT molecular complexity index is 856. The summed E-state index contributed by atoms with van der Waals surface area (Å²) in [5.74, 6) is -0.141. The second-order valence-electron chi connectivity index (χ2n) is 6.25. The van der Waals surface area contributed by atoms with Crippen LogP contribution in [0, 0.1) is 6.92 Å². The molecule has 1 atom stereocenters. The number of likely N-dealkylation sites (N-methyl/N-ethyl adjacent to an activating group) is 1. The van der Waals surface area contributed by atoms with Crippen LogP contribution in [0.2, 0.25) is 10.0 Å². The third-order valence-corrected chi connectivity index (χ3v) is 5.26. The molecule has 0 radical (unpaired) electrons. The number of anilines is 2. The molecule has 136 valence electrons. The van der Waals surface area contributed by atoms with Crippen molar-refractivity contribution in [2.45, 2.75) is 19.4 Å². The molecule has 1 aliphatic heterocycles. The van der Waals surface area contributed by atoms with E-state index in [2.05, 4.69) is 5.32 Å². The van der Waals surface area contributed by atoms with E-state index in [-0.39, 0.29) is 11.9 Å². The number of rotatable bonds is 3. The molecule has 1 saturated heterocycles. The van der Waals surface area contributed by atoms with Crippen molar-refractivity contribution in [1.29, 1.82) is 0 Å². The molecule has 3 rings (SSSR count). The Morgan fingerprint density at radius 1 is 1.19 bits per heavy atom. The van der Waals surface area contributed by atoms with Gasteiger partial charge in [0.1, 0.15) is 6.04 Å². The number of halogens is 2. The van der Waals surface area contributed by atoms with Crippen molar-refractivity contribution in [3.05, 3.63) is 58.1 Å². The van der Waals surface area contributed by atoms with Crippen LogP contribution >= 0.6 is 23.2 Å². The Balaban J connectivity index is 1.70. The first-order valence-electron chi connectivity index (χ1n) is 8.24. The van der Waals surface area contributed by atoms with E-state index in [1.165, 1.54) is 4.90 Å². The lowest BCUT2D eigenvalue weighted by atomic mass is 10.2. The van der Waals surface area contributed by atoms with Crippen molar-refractivity contribution in [2.24, 2.45) is 0 Å². The van der Waals surface area contributed by atoms with Crippen LogP contribution in [0.15, 0.2) is 42.5 Å². The summed E-state index contributed by atoms with van der Waals surface area (Å²) in [4.78, 5) is 28.4. The fourth-order valence-electron chi connectivity index (χ4n) is 2.96. The minimum Gasteiger partial charge on any atom is -0.315 e. The molecular weight excluding hydrogens is 373 g/mol. The average molecular weight is 392 g/mol. The van der Waals surface area contributed by atoms with Gasteiger partial charge in [-0.15, -0.1) is 0 Å². The van der Waals surface area contributed by atoms with Crippen molar-refractivity contribution in [1.82, 2.24) is 4.90 Å². The summed E-state index contributed by atoms with van der Waals surface area (Å²) in [6.07, 6.45) is 0.544. The van der Waals surface area contributed by atoms with Crippen molar-refractivity contribution in [2.75, 3.05) is 23.8 Å². The molecule has 26 heavy (non-hydrogen) atoms. The van der Waals surface area contributed by atoms with E-state index in [9.17, 15) is 9.59 Å². The van der Waals surface area contributed by atoms with Crippen LogP contribution in [0.4, 0.5) is 16.2 Å². The lowest BCUT2D eigenvalue weighted by Crippen LogP contribution is -2.44. The van der Waals surface area contributed by atoms with Crippen LogP contribution in [0.5, 0.6) is 0 Å². The summed E-state index contributed by atoms with van der Waals surface area (Å²) in [6.45, 7) is 2.40. The van der Waals surface area contributed by atoms with Crippen LogP contribution < -0.4 is 10.2 Å². The molecule has 1 fully saturated rings. The minimum atomic E-state index is -0.535. The number of carbonyl (C=O) groups excluding carboxylic acids is 2. The maximum absolute atomic E-state index is 12.8. The molecule has 1 aliphatic rings. The van der Waals surface area contributed by atoms with Gasteiger partial charge >= 0.3 is 6.03 Å². The first-order valence-corrected chi connectivity index (χ1v) is 9.00. The van der Waals surface area contributed by atoms with Crippen LogP contribution in [0.25, 0.3) is 0 Å². The zero-order chi connectivity index (χ0) is 18.8. The molecule has 2 aromatic rings. The van der Waals surface area contributed by atoms with E-state index >= 15 is 0 Å². The highest BCUT2D eigenvalue weighted by molar-refractivity contribution is 6.34. The van der Waals surface area contributed by atoms with Crippen LogP contribution in [0.3, 0.4) is 0 Å². The molecular formula is C19H19Cl2N3O2. The smallest absolute Gasteiger partial charge is 0.315 e. The van der Waals surface area contributed by atoms with Gasteiger partial charge in [0, 0.05) is 24.3 Å². The molecule has 7 heteroatoms. The van der Waals surface area contributed by atoms with Gasteiger partial charge in [-0.05, 0) is 43.2 Å². The molecule has 1 N–H and O–H groups in total. The normalized spacial score (nSPS) is 16.7. The summed E-state index contributed by atoms with van der Waals surface area (Å²) < 4.78 is 0. The lowest BCUT2D eigenvalue weighted by Gasteiger charge is -2.24. The number of hydrogen-bond donors (Lipinski definition) is 1. The number of urea groups is 1. The number of hydrogen-bond acceptors (Lipinski definition) is 2. The first kappa shape index (κ1) is 18.5. The molecule has 0 spiro atoms. The van der Waals surface area contributed by atoms with Crippen LogP contribution in [-0.2, 0) is 4.79 Å². The van der Waals surface area contributed by atoms with E-state index in [1.807, 2.05) is 25.1 Å². The maximum atomic E-state index is 12.8. The highest BCUT2D eigenvalue weighted by Gasteiger charge is 2.37. The maximum Gasteiger partial charge on any atom is 0.322 e. The standard InChI is InChI=1S/C19H19Cl2N3O2/c1-12-7-8-13(11-15(12)21)22-19(26)23(2)17-9-10-24(18(17)25)16-6-4-3-5-14(16)20/h3-8,11,17H,9-10H2,1-2H3,(H,22,26)/t17-/m0/s1.